The Morgan fingerprint density at radius 1 is 1.17 bits per heavy atom. The zero-order valence-electron chi connectivity index (χ0n) is 6.24. The fraction of sp³-hybridized carbons (Fsp3) is 0. The molecule has 12 heteroatoms. The van der Waals surface area contributed by atoms with Crippen molar-refractivity contribution in [2.24, 2.45) is 0 Å². The van der Waals surface area contributed by atoms with Crippen molar-refractivity contribution in [2.45, 2.75) is 0 Å². The molecule has 0 rings (SSSR count). The van der Waals surface area contributed by atoms with E-state index < -0.39 is 16.9 Å². The van der Waals surface area contributed by atoms with E-state index in [-0.39, 0.29) is 103 Å². The zero-order valence-corrected chi connectivity index (χ0v) is 15.0. The molecule has 12 heavy (non-hydrogen) atoms. The van der Waals surface area contributed by atoms with Crippen molar-refractivity contribution in [1.29, 1.82) is 0 Å². The maximum Gasteiger partial charge on any atom is 1.00 e. The molecule has 0 atom stereocenters. The summed E-state index contributed by atoms with van der Waals surface area (Å²) < 4.78 is 35.6. The van der Waals surface area contributed by atoms with Crippen LogP contribution in [0.5, 0.6) is 0 Å². The van der Waals surface area contributed by atoms with Crippen LogP contribution in [0.3, 0.4) is 0 Å². The summed E-state index contributed by atoms with van der Waals surface area (Å²) in [6.07, 6.45) is 0. The molecule has 0 bridgehead atoms. The third-order valence-electron chi connectivity index (χ3n) is 0. The minimum absolute atomic E-state index is 0. The second-order valence-electron chi connectivity index (χ2n) is 0.922. The van der Waals surface area contributed by atoms with Gasteiger partial charge in [0.2, 0.25) is 0 Å². The van der Waals surface area contributed by atoms with Crippen molar-refractivity contribution in [3.8, 4) is 0 Å². The van der Waals surface area contributed by atoms with Gasteiger partial charge in [0.05, 0.1) is 0 Å². The Labute approximate surface area is 159 Å². The van der Waals surface area contributed by atoms with E-state index in [4.69, 9.17) is 32.6 Å². The first-order chi connectivity index (χ1) is 4.00. The van der Waals surface area contributed by atoms with Crippen LogP contribution in [-0.4, -0.2) is 28.0 Å². The van der Waals surface area contributed by atoms with Crippen LogP contribution in [0.1, 0.15) is 0 Å². The van der Waals surface area contributed by atoms with Gasteiger partial charge < -0.3 is 23.8 Å². The molecule has 0 amide bonds. The van der Waals surface area contributed by atoms with Crippen LogP contribution in [0.25, 0.3) is 0 Å². The molecule has 0 aromatic heterocycles. The summed E-state index contributed by atoms with van der Waals surface area (Å²) in [6.45, 7) is 0. The maximum atomic E-state index is 8.89. The summed E-state index contributed by atoms with van der Waals surface area (Å²) in [5.74, 6) is 0. The Kier molecular flexibility index (Phi) is 23.0. The van der Waals surface area contributed by atoms with Gasteiger partial charge in [-0.25, -0.2) is 4.57 Å². The Bertz CT molecular complexity index is 197. The van der Waals surface area contributed by atoms with Gasteiger partial charge in [-0.3, -0.25) is 4.21 Å². The molecule has 3 N–H and O–H groups in total. The van der Waals surface area contributed by atoms with Crippen LogP contribution in [0.2, 0.25) is 0 Å². The Hall–Kier alpha value is 3.67. The third kappa shape index (κ3) is 163. The fourth-order valence-electron chi connectivity index (χ4n) is 0. The van der Waals surface area contributed by atoms with E-state index in [9.17, 15) is 0 Å². The van der Waals surface area contributed by atoms with Gasteiger partial charge >= 0.3 is 111 Å². The smallest absolute Gasteiger partial charge is 0.780 e. The summed E-state index contributed by atoms with van der Waals surface area (Å²) in [6, 6.07) is 0. The van der Waals surface area contributed by atoms with Gasteiger partial charge in [0, 0.05) is 0 Å². The molecule has 0 saturated heterocycles. The van der Waals surface area contributed by atoms with E-state index in [1.807, 2.05) is 0 Å². The molecule has 0 saturated carbocycles. The predicted octanol–water partition coefficient (Wildman–Crippen LogP) is -7.93. The van der Waals surface area contributed by atoms with E-state index in [2.05, 4.69) is 11.2 Å². The molecule has 0 aromatic rings. The normalized spacial score (nSPS) is 9.75. The van der Waals surface area contributed by atoms with Gasteiger partial charge in [-0.1, -0.05) is 0 Å². The SMILES string of the molecule is O=P(O)(O)O.O=S([O-])([O-])=S.[K+].[K+]. The standard InChI is InChI=1S/2K.H3O4P.H2O3S2/c;;2*1-5(2,3)4/h;;(H3,1,2,3,4);(H2,1,2,3,4)/q2*+1;;/p-2. The molecule has 0 unspecified atom stereocenters. The van der Waals surface area contributed by atoms with Gasteiger partial charge in [-0.15, -0.1) is 9.05 Å². The summed E-state index contributed by atoms with van der Waals surface area (Å²) >= 11 is 3.24. The molecule has 0 fully saturated rings. The van der Waals surface area contributed by atoms with Gasteiger partial charge in [-0.05, 0) is 11.2 Å². The predicted molar refractivity (Wildman–Crippen MR) is 31.3 cm³/mol. The molecule has 7 nitrogen and oxygen atoms in total. The van der Waals surface area contributed by atoms with Crippen molar-refractivity contribution >= 4 is 28.1 Å². The number of hydrogen-bond acceptors (Lipinski definition) is 5. The molecule has 0 aliphatic carbocycles. The molecular weight excluding hydrogens is 285 g/mol. The van der Waals surface area contributed by atoms with Crippen LogP contribution in [-0.2, 0) is 24.8 Å². The minimum atomic E-state index is -4.64. The fourth-order valence-corrected chi connectivity index (χ4v) is 0. The van der Waals surface area contributed by atoms with Crippen LogP contribution in [0, 0.1) is 0 Å². The van der Waals surface area contributed by atoms with Crippen LogP contribution >= 0.6 is 7.82 Å². The molecule has 0 heterocycles. The van der Waals surface area contributed by atoms with Gasteiger partial charge in [-0.2, -0.15) is 0 Å². The van der Waals surface area contributed by atoms with Crippen LogP contribution in [0.15, 0.2) is 0 Å². The van der Waals surface area contributed by atoms with Crippen LogP contribution < -0.4 is 103 Å². The largest absolute Gasteiger partial charge is 1.00 e. The number of hydrogen-bond donors (Lipinski definition) is 3. The Morgan fingerprint density at radius 3 is 1.17 bits per heavy atom. The molecule has 0 radical (unpaired) electrons. The first-order valence-electron chi connectivity index (χ1n) is 1.45. The summed E-state index contributed by atoms with van der Waals surface area (Å²) in [5, 5.41) is 0. The summed E-state index contributed by atoms with van der Waals surface area (Å²) in [5.41, 5.74) is 0. The molecule has 0 aliphatic heterocycles. The van der Waals surface area contributed by atoms with Crippen LogP contribution in [0.4, 0.5) is 0 Å². The Balaban J connectivity index is -0.0000000457. The number of rotatable bonds is 0. The van der Waals surface area contributed by atoms with Crippen molar-refractivity contribution in [1.82, 2.24) is 0 Å². The van der Waals surface area contributed by atoms with Crippen molar-refractivity contribution in [3.05, 3.63) is 0 Å². The van der Waals surface area contributed by atoms with Gasteiger partial charge in [0.25, 0.3) is 0 Å². The second kappa shape index (κ2) is 11.2. The molecule has 0 aliphatic rings. The van der Waals surface area contributed by atoms with Crippen molar-refractivity contribution in [2.75, 3.05) is 0 Å². The van der Waals surface area contributed by atoms with E-state index in [1.54, 1.807) is 0 Å². The molecule has 0 aromatic carbocycles. The first-order valence-corrected chi connectivity index (χ1v) is 5.35. The average Bonchev–Trinajstić information content (AvgIpc) is 1.12. The molecule has 64 valence electrons. The molecule has 0 spiro atoms. The Morgan fingerprint density at radius 2 is 1.17 bits per heavy atom. The summed E-state index contributed by atoms with van der Waals surface area (Å²) in [4.78, 5) is 21.6. The van der Waals surface area contributed by atoms with Crippen molar-refractivity contribution < 1.29 is 135 Å². The number of phosphoric acid groups is 1. The second-order valence-corrected chi connectivity index (χ2v) is 3.99. The van der Waals surface area contributed by atoms with E-state index in [1.165, 1.54) is 0 Å². The van der Waals surface area contributed by atoms with E-state index in [0.29, 0.717) is 0 Å². The average molecular weight is 288 g/mol. The first kappa shape index (κ1) is 24.8. The topological polar surface area (TPSA) is 141 Å². The minimum Gasteiger partial charge on any atom is -0.780 e. The van der Waals surface area contributed by atoms with E-state index >= 15 is 0 Å². The molecular formula is H3K2O7PS2. The maximum absolute atomic E-state index is 8.89. The third-order valence-corrected chi connectivity index (χ3v) is 0. The monoisotopic (exact) mass is 288 g/mol. The zero-order chi connectivity index (χ0) is 9.00. The summed E-state index contributed by atoms with van der Waals surface area (Å²) in [7, 11) is -8.97. The van der Waals surface area contributed by atoms with Gasteiger partial charge in [0.1, 0.15) is 0 Å². The quantitative estimate of drug-likeness (QED) is 0.295. The van der Waals surface area contributed by atoms with Crippen molar-refractivity contribution in [3.63, 3.8) is 0 Å². The van der Waals surface area contributed by atoms with Gasteiger partial charge in [0.15, 0.2) is 0 Å². The van der Waals surface area contributed by atoms with E-state index in [0.717, 1.165) is 0 Å².